The molecule has 0 amide bonds. The van der Waals surface area contributed by atoms with Crippen molar-refractivity contribution in [2.75, 3.05) is 34.5 Å². The molecule has 0 aliphatic carbocycles. The van der Waals surface area contributed by atoms with E-state index in [0.717, 1.165) is 22.1 Å². The minimum Gasteiger partial charge on any atom is -0.497 e. The summed E-state index contributed by atoms with van der Waals surface area (Å²) in [5.74, 6) is 1.23. The number of rotatable bonds is 13. The molecule has 1 atom stereocenters. The maximum Gasteiger partial charge on any atom is 0.355 e. The standard InChI is InChI=1S/C29H33ClNO7P/c1-6-36-39(32,37-7-2)29(31-18-19-8-12-21(30)13-9-19)28-27(20-10-14-22(33-3)15-11-20)23-16-25(34-4)26(35-5)17-24(23)38-28/h8-17,29,31H,6-7,18H2,1-5H3. The molecule has 4 rings (SSSR count). The first-order valence-electron chi connectivity index (χ1n) is 12.6. The van der Waals surface area contributed by atoms with E-state index in [-0.39, 0.29) is 13.2 Å². The Balaban J connectivity index is 1.95. The molecule has 0 aliphatic heterocycles. The van der Waals surface area contributed by atoms with Crippen LogP contribution in [0.2, 0.25) is 5.02 Å². The Bertz CT molecular complexity index is 1430. The minimum atomic E-state index is -3.77. The fourth-order valence-corrected chi connectivity index (χ4v) is 6.40. The first kappa shape index (κ1) is 29.0. The minimum absolute atomic E-state index is 0.191. The fraction of sp³-hybridized carbons (Fsp3) is 0.310. The third kappa shape index (κ3) is 6.26. The number of fused-ring (bicyclic) bond motifs is 1. The summed E-state index contributed by atoms with van der Waals surface area (Å²) in [7, 11) is 0.980. The normalized spacial score (nSPS) is 12.5. The molecule has 10 heteroatoms. The predicted octanol–water partition coefficient (Wildman–Crippen LogP) is 7.83. The summed E-state index contributed by atoms with van der Waals surface area (Å²) >= 11 is 6.08. The largest absolute Gasteiger partial charge is 0.497 e. The molecular weight excluding hydrogens is 541 g/mol. The van der Waals surface area contributed by atoms with E-state index in [1.54, 1.807) is 53.4 Å². The van der Waals surface area contributed by atoms with Crippen molar-refractivity contribution in [1.29, 1.82) is 0 Å². The lowest BCUT2D eigenvalue weighted by Crippen LogP contribution is -2.23. The van der Waals surface area contributed by atoms with Crippen LogP contribution in [0.25, 0.3) is 22.1 Å². The molecule has 1 N–H and O–H groups in total. The highest BCUT2D eigenvalue weighted by molar-refractivity contribution is 7.54. The lowest BCUT2D eigenvalue weighted by molar-refractivity contribution is 0.204. The molecule has 1 unspecified atom stereocenters. The third-order valence-corrected chi connectivity index (χ3v) is 8.73. The Morgan fingerprint density at radius 2 is 1.49 bits per heavy atom. The van der Waals surface area contributed by atoms with Crippen LogP contribution in [-0.2, 0) is 20.2 Å². The van der Waals surface area contributed by atoms with Gasteiger partial charge in [0.1, 0.15) is 17.1 Å². The molecule has 0 fully saturated rings. The first-order valence-corrected chi connectivity index (χ1v) is 14.6. The topological polar surface area (TPSA) is 88.4 Å². The molecular formula is C29H33ClNO7P. The van der Waals surface area contributed by atoms with E-state index in [1.807, 2.05) is 42.5 Å². The monoisotopic (exact) mass is 573 g/mol. The second-order valence-corrected chi connectivity index (χ2v) is 11.1. The fourth-order valence-electron chi connectivity index (χ4n) is 4.40. The predicted molar refractivity (Wildman–Crippen MR) is 153 cm³/mol. The van der Waals surface area contributed by atoms with Crippen molar-refractivity contribution in [3.8, 4) is 28.4 Å². The Labute approximate surface area is 233 Å². The molecule has 0 bridgehead atoms. The molecule has 0 radical (unpaired) electrons. The van der Waals surface area contributed by atoms with E-state index >= 15 is 0 Å². The summed E-state index contributed by atoms with van der Waals surface area (Å²) < 4.78 is 48.9. The Morgan fingerprint density at radius 3 is 2.05 bits per heavy atom. The van der Waals surface area contributed by atoms with Crippen molar-refractivity contribution in [3.05, 3.63) is 77.0 Å². The van der Waals surface area contributed by atoms with Gasteiger partial charge in [0.2, 0.25) is 0 Å². The molecule has 1 heterocycles. The van der Waals surface area contributed by atoms with Crippen LogP contribution in [0.3, 0.4) is 0 Å². The van der Waals surface area contributed by atoms with Crippen LogP contribution < -0.4 is 19.5 Å². The van der Waals surface area contributed by atoms with Gasteiger partial charge < -0.3 is 27.7 Å². The van der Waals surface area contributed by atoms with Crippen LogP contribution in [0.4, 0.5) is 0 Å². The second-order valence-electron chi connectivity index (χ2n) is 8.56. The number of methoxy groups -OCH3 is 3. The van der Waals surface area contributed by atoms with Crippen molar-refractivity contribution < 1.29 is 32.2 Å². The van der Waals surface area contributed by atoms with Crippen molar-refractivity contribution in [2.24, 2.45) is 0 Å². The van der Waals surface area contributed by atoms with Crippen LogP contribution in [-0.4, -0.2) is 34.5 Å². The number of nitrogens with one attached hydrogen (secondary N) is 1. The van der Waals surface area contributed by atoms with Gasteiger partial charge in [0.25, 0.3) is 0 Å². The number of halogens is 1. The highest BCUT2D eigenvalue weighted by Crippen LogP contribution is 2.62. The summed E-state index contributed by atoms with van der Waals surface area (Å²) in [5.41, 5.74) is 3.03. The van der Waals surface area contributed by atoms with Crippen LogP contribution in [0, 0.1) is 0 Å². The summed E-state index contributed by atoms with van der Waals surface area (Å²) in [5, 5.41) is 4.78. The van der Waals surface area contributed by atoms with Gasteiger partial charge in [-0.05, 0) is 55.3 Å². The summed E-state index contributed by atoms with van der Waals surface area (Å²) in [4.78, 5) is 0. The van der Waals surface area contributed by atoms with Gasteiger partial charge in [-0.1, -0.05) is 35.9 Å². The van der Waals surface area contributed by atoms with Crippen LogP contribution in [0.1, 0.15) is 31.0 Å². The molecule has 0 saturated carbocycles. The summed E-state index contributed by atoms with van der Waals surface area (Å²) in [6, 6.07) is 18.6. The Kier molecular flexibility index (Phi) is 9.59. The van der Waals surface area contributed by atoms with Gasteiger partial charge in [0.15, 0.2) is 17.3 Å². The van der Waals surface area contributed by atoms with Gasteiger partial charge >= 0.3 is 7.60 Å². The molecule has 0 spiro atoms. The first-order chi connectivity index (χ1) is 18.9. The van der Waals surface area contributed by atoms with E-state index in [2.05, 4.69) is 5.32 Å². The van der Waals surface area contributed by atoms with Gasteiger partial charge in [0, 0.05) is 28.6 Å². The highest BCUT2D eigenvalue weighted by Gasteiger charge is 2.41. The summed E-state index contributed by atoms with van der Waals surface area (Å²) in [6.07, 6.45) is 0. The quantitative estimate of drug-likeness (QED) is 0.162. The van der Waals surface area contributed by atoms with Crippen LogP contribution in [0.5, 0.6) is 17.2 Å². The van der Waals surface area contributed by atoms with Gasteiger partial charge in [-0.2, -0.15) is 0 Å². The molecule has 8 nitrogen and oxygen atoms in total. The zero-order chi connectivity index (χ0) is 28.0. The smallest absolute Gasteiger partial charge is 0.355 e. The van der Waals surface area contributed by atoms with Crippen LogP contribution >= 0.6 is 19.2 Å². The molecule has 0 saturated heterocycles. The SMILES string of the molecule is CCOP(=O)(OCC)C(NCc1ccc(Cl)cc1)c1oc2cc(OC)c(OC)cc2c1-c1ccc(OC)cc1. The second kappa shape index (κ2) is 12.9. The number of ether oxygens (including phenoxy) is 3. The zero-order valence-electron chi connectivity index (χ0n) is 22.7. The summed E-state index contributed by atoms with van der Waals surface area (Å²) in [6.45, 7) is 4.30. The maximum absolute atomic E-state index is 14.3. The number of hydrogen-bond acceptors (Lipinski definition) is 8. The lowest BCUT2D eigenvalue weighted by atomic mass is 10.0. The van der Waals surface area contributed by atoms with Crippen molar-refractivity contribution in [2.45, 2.75) is 26.2 Å². The van der Waals surface area contributed by atoms with E-state index in [0.29, 0.717) is 40.2 Å². The van der Waals surface area contributed by atoms with E-state index in [4.69, 9.17) is 39.3 Å². The van der Waals surface area contributed by atoms with Crippen LogP contribution in [0.15, 0.2) is 65.1 Å². The highest BCUT2D eigenvalue weighted by atomic mass is 35.5. The Hall–Kier alpha value is -3.00. The molecule has 1 aromatic heterocycles. The van der Waals surface area contributed by atoms with Crippen molar-refractivity contribution >= 4 is 30.2 Å². The number of furan rings is 1. The average molecular weight is 574 g/mol. The molecule has 39 heavy (non-hydrogen) atoms. The maximum atomic E-state index is 14.3. The molecule has 208 valence electrons. The van der Waals surface area contributed by atoms with Gasteiger partial charge in [-0.25, -0.2) is 0 Å². The molecule has 0 aliphatic rings. The van der Waals surface area contributed by atoms with E-state index < -0.39 is 13.4 Å². The van der Waals surface area contributed by atoms with Crippen molar-refractivity contribution in [3.63, 3.8) is 0 Å². The Morgan fingerprint density at radius 1 is 0.872 bits per heavy atom. The third-order valence-electron chi connectivity index (χ3n) is 6.20. The van der Waals surface area contributed by atoms with Gasteiger partial charge in [0.05, 0.1) is 34.5 Å². The zero-order valence-corrected chi connectivity index (χ0v) is 24.3. The van der Waals surface area contributed by atoms with E-state index in [1.165, 1.54) is 0 Å². The number of benzene rings is 3. The lowest BCUT2D eigenvalue weighted by Gasteiger charge is -2.27. The van der Waals surface area contributed by atoms with Crippen molar-refractivity contribution in [1.82, 2.24) is 5.32 Å². The van der Waals surface area contributed by atoms with Gasteiger partial charge in [-0.3, -0.25) is 9.88 Å². The molecule has 4 aromatic rings. The number of hydrogen-bond donors (Lipinski definition) is 1. The van der Waals surface area contributed by atoms with E-state index in [9.17, 15) is 4.57 Å². The van der Waals surface area contributed by atoms with Gasteiger partial charge in [-0.15, -0.1) is 0 Å². The average Bonchev–Trinajstić information content (AvgIpc) is 3.31. The molecule has 3 aromatic carbocycles.